The summed E-state index contributed by atoms with van der Waals surface area (Å²) in [5, 5.41) is 0. The molecular weight excluding hydrogens is 614 g/mol. The summed E-state index contributed by atoms with van der Waals surface area (Å²) in [6, 6.07) is 12.4. The van der Waals surface area contributed by atoms with E-state index in [1.807, 2.05) is 45.0 Å². The standard InChI is InChI=1S/C36H47N5O7/c1-35(2,3)48-34(45)39-18-16-38(17-19-39)23-36(47-6)20-25(21-36)27-8-7-9-28-31(27)37(4)33(44)41(28)29-14-15-30(42)40(32(29)43)22-24-10-12-26(46-5)13-11-24/h7-13,25,29H,14-23H2,1-6H3/t25-,29?,36-. The maximum absolute atomic E-state index is 13.8. The number of imide groups is 1. The van der Waals surface area contributed by atoms with E-state index < -0.39 is 11.6 Å². The molecule has 258 valence electrons. The first-order valence-corrected chi connectivity index (χ1v) is 16.8. The van der Waals surface area contributed by atoms with E-state index in [-0.39, 0.29) is 54.5 Å². The van der Waals surface area contributed by atoms with Crippen LogP contribution >= 0.6 is 0 Å². The van der Waals surface area contributed by atoms with Crippen LogP contribution in [0.1, 0.15) is 69.5 Å². The normalized spacial score (nSPS) is 23.8. The molecule has 1 saturated carbocycles. The van der Waals surface area contributed by atoms with E-state index in [0.29, 0.717) is 24.4 Å². The highest BCUT2D eigenvalue weighted by Gasteiger charge is 2.48. The van der Waals surface area contributed by atoms with Gasteiger partial charge in [0, 0.05) is 53.3 Å². The van der Waals surface area contributed by atoms with Crippen molar-refractivity contribution in [2.75, 3.05) is 46.9 Å². The Morgan fingerprint density at radius 1 is 0.958 bits per heavy atom. The van der Waals surface area contributed by atoms with Gasteiger partial charge in [0.25, 0.3) is 5.91 Å². The van der Waals surface area contributed by atoms with Crippen molar-refractivity contribution in [3.8, 4) is 5.75 Å². The molecule has 2 aliphatic heterocycles. The molecule has 2 aromatic carbocycles. The minimum absolute atomic E-state index is 0.139. The fourth-order valence-corrected chi connectivity index (χ4v) is 7.48. The van der Waals surface area contributed by atoms with Crippen LogP contribution < -0.4 is 10.4 Å². The molecular formula is C36H47N5O7. The highest BCUT2D eigenvalue weighted by molar-refractivity contribution is 6.00. The van der Waals surface area contributed by atoms with Gasteiger partial charge in [-0.15, -0.1) is 0 Å². The first-order chi connectivity index (χ1) is 22.8. The van der Waals surface area contributed by atoms with Gasteiger partial charge in [-0.2, -0.15) is 0 Å². The van der Waals surface area contributed by atoms with Crippen LogP contribution in [0.3, 0.4) is 0 Å². The summed E-state index contributed by atoms with van der Waals surface area (Å²) in [5.74, 6) is 0.264. The topological polar surface area (TPSA) is 116 Å². The number of imidazole rings is 1. The van der Waals surface area contributed by atoms with Crippen LogP contribution in [0.2, 0.25) is 0 Å². The highest BCUT2D eigenvalue weighted by atomic mass is 16.6. The van der Waals surface area contributed by atoms with Crippen molar-refractivity contribution in [3.05, 3.63) is 64.1 Å². The average Bonchev–Trinajstić information content (AvgIpc) is 3.30. The van der Waals surface area contributed by atoms with Crippen molar-refractivity contribution < 1.29 is 28.6 Å². The van der Waals surface area contributed by atoms with Crippen molar-refractivity contribution in [1.82, 2.24) is 23.8 Å². The van der Waals surface area contributed by atoms with E-state index in [2.05, 4.69) is 11.0 Å². The number of rotatable bonds is 8. The Morgan fingerprint density at radius 2 is 1.65 bits per heavy atom. The molecule has 12 heteroatoms. The minimum Gasteiger partial charge on any atom is -0.497 e. The number of likely N-dealkylation sites (tertiary alicyclic amines) is 1. The number of hydrogen-bond donors (Lipinski definition) is 0. The summed E-state index contributed by atoms with van der Waals surface area (Å²) in [6.07, 6.45) is 1.77. The number of aromatic nitrogens is 2. The maximum atomic E-state index is 13.8. The molecule has 1 aliphatic carbocycles. The number of methoxy groups -OCH3 is 2. The van der Waals surface area contributed by atoms with Gasteiger partial charge in [-0.05, 0) is 75.3 Å². The van der Waals surface area contributed by atoms with E-state index in [9.17, 15) is 19.2 Å². The molecule has 6 rings (SSSR count). The maximum Gasteiger partial charge on any atom is 0.410 e. The number of amides is 3. The lowest BCUT2D eigenvalue weighted by Gasteiger charge is -2.50. The second-order valence-electron chi connectivity index (χ2n) is 14.4. The van der Waals surface area contributed by atoms with Gasteiger partial charge >= 0.3 is 11.8 Å². The highest BCUT2D eigenvalue weighted by Crippen LogP contribution is 2.49. The predicted octanol–water partition coefficient (Wildman–Crippen LogP) is 4.05. The number of aryl methyl sites for hydroxylation is 1. The minimum atomic E-state index is -0.772. The van der Waals surface area contributed by atoms with Gasteiger partial charge in [-0.1, -0.05) is 24.3 Å². The number of carbonyl (C=O) groups excluding carboxylic acids is 3. The fourth-order valence-electron chi connectivity index (χ4n) is 7.48. The molecule has 1 unspecified atom stereocenters. The third-order valence-electron chi connectivity index (χ3n) is 10.1. The van der Waals surface area contributed by atoms with Gasteiger partial charge in [0.2, 0.25) is 5.91 Å². The number of hydrogen-bond acceptors (Lipinski definition) is 8. The molecule has 0 spiro atoms. The molecule has 3 fully saturated rings. The number of para-hydroxylation sites is 1. The van der Waals surface area contributed by atoms with Gasteiger partial charge < -0.3 is 19.1 Å². The van der Waals surface area contributed by atoms with Crippen LogP contribution in [0, 0.1) is 0 Å². The average molecular weight is 662 g/mol. The van der Waals surface area contributed by atoms with Crippen LogP contribution in [0.25, 0.3) is 11.0 Å². The molecule has 1 atom stereocenters. The van der Waals surface area contributed by atoms with Crippen molar-refractivity contribution in [2.24, 2.45) is 7.05 Å². The lowest BCUT2D eigenvalue weighted by Crippen LogP contribution is -2.57. The van der Waals surface area contributed by atoms with Gasteiger partial charge in [-0.3, -0.25) is 28.5 Å². The second-order valence-corrected chi connectivity index (χ2v) is 14.4. The predicted molar refractivity (Wildman–Crippen MR) is 180 cm³/mol. The molecule has 3 heterocycles. The zero-order chi connectivity index (χ0) is 34.4. The summed E-state index contributed by atoms with van der Waals surface area (Å²) < 4.78 is 20.1. The van der Waals surface area contributed by atoms with Crippen LogP contribution in [0.15, 0.2) is 47.3 Å². The molecule has 3 amide bonds. The van der Waals surface area contributed by atoms with Gasteiger partial charge in [-0.25, -0.2) is 9.59 Å². The molecule has 0 bridgehead atoms. The van der Waals surface area contributed by atoms with E-state index in [4.69, 9.17) is 14.2 Å². The van der Waals surface area contributed by atoms with E-state index in [1.54, 1.807) is 47.4 Å². The Bertz CT molecular complexity index is 1740. The van der Waals surface area contributed by atoms with Crippen LogP contribution in [0.5, 0.6) is 5.75 Å². The Hall–Kier alpha value is -4.16. The second kappa shape index (κ2) is 13.0. The quantitative estimate of drug-likeness (QED) is 0.332. The molecule has 1 aromatic heterocycles. The van der Waals surface area contributed by atoms with Gasteiger partial charge in [0.05, 0.1) is 30.3 Å². The smallest absolute Gasteiger partial charge is 0.410 e. The van der Waals surface area contributed by atoms with Crippen molar-refractivity contribution in [3.63, 3.8) is 0 Å². The molecule has 12 nitrogen and oxygen atoms in total. The third kappa shape index (κ3) is 6.47. The number of benzene rings is 2. The van der Waals surface area contributed by atoms with Crippen LogP contribution in [0.4, 0.5) is 4.79 Å². The van der Waals surface area contributed by atoms with E-state index >= 15 is 0 Å². The number of piperazine rings is 1. The number of ether oxygens (including phenoxy) is 3. The van der Waals surface area contributed by atoms with Crippen LogP contribution in [-0.4, -0.2) is 99.9 Å². The molecule has 3 aliphatic rings. The number of carbonyl (C=O) groups is 3. The Morgan fingerprint density at radius 3 is 2.27 bits per heavy atom. The Kier molecular flexibility index (Phi) is 9.16. The molecule has 48 heavy (non-hydrogen) atoms. The summed E-state index contributed by atoms with van der Waals surface area (Å²) in [6.45, 7) is 9.23. The van der Waals surface area contributed by atoms with E-state index in [1.165, 1.54) is 4.90 Å². The van der Waals surface area contributed by atoms with Crippen molar-refractivity contribution >= 4 is 28.9 Å². The molecule has 0 radical (unpaired) electrons. The SMILES string of the molecule is COc1ccc(CN2C(=O)CCC(n3c(=O)n(C)c4c3cccc4[C@H]3C[C@](CN4CCN(C(=O)OC(C)(C)C)CC4)(OC)C3)C2=O)cc1. The van der Waals surface area contributed by atoms with Gasteiger partial charge in [0.1, 0.15) is 17.4 Å². The van der Waals surface area contributed by atoms with Gasteiger partial charge in [0.15, 0.2) is 0 Å². The zero-order valence-electron chi connectivity index (χ0n) is 28.9. The summed E-state index contributed by atoms with van der Waals surface area (Å²) >= 11 is 0. The summed E-state index contributed by atoms with van der Waals surface area (Å²) in [4.78, 5) is 58.5. The fraction of sp³-hybridized carbons (Fsp3) is 0.556. The Labute approximate surface area is 281 Å². The number of fused-ring (bicyclic) bond motifs is 1. The monoisotopic (exact) mass is 661 g/mol. The number of nitrogens with zero attached hydrogens (tertiary/aromatic N) is 5. The van der Waals surface area contributed by atoms with Crippen molar-refractivity contribution in [1.29, 1.82) is 0 Å². The first-order valence-electron chi connectivity index (χ1n) is 16.8. The van der Waals surface area contributed by atoms with Crippen molar-refractivity contribution in [2.45, 2.75) is 76.2 Å². The Balaban J connectivity index is 1.17. The molecule has 2 saturated heterocycles. The summed E-state index contributed by atoms with van der Waals surface area (Å²) in [5.41, 5.74) is 2.26. The molecule has 3 aromatic rings. The first kappa shape index (κ1) is 33.7. The van der Waals surface area contributed by atoms with Crippen LogP contribution in [-0.2, 0) is 32.7 Å². The lowest BCUT2D eigenvalue weighted by atomic mass is 9.67. The molecule has 0 N–H and O–H groups in total. The largest absolute Gasteiger partial charge is 0.497 e. The summed E-state index contributed by atoms with van der Waals surface area (Å²) in [7, 11) is 5.10. The zero-order valence-corrected chi connectivity index (χ0v) is 28.9. The van der Waals surface area contributed by atoms with E-state index in [0.717, 1.165) is 49.1 Å². The lowest BCUT2D eigenvalue weighted by molar-refractivity contribution is -0.151. The third-order valence-corrected chi connectivity index (χ3v) is 10.1. The number of piperidine rings is 1.